The Morgan fingerprint density at radius 1 is 1.54 bits per heavy atom. The molecule has 0 aliphatic heterocycles. The first-order chi connectivity index (χ1) is 6.06. The lowest BCUT2D eigenvalue weighted by Crippen LogP contribution is -2.40. The number of amides is 1. The maximum absolute atomic E-state index is 13.7. The van der Waals surface area contributed by atoms with Crippen molar-refractivity contribution >= 4 is 5.91 Å². The summed E-state index contributed by atoms with van der Waals surface area (Å²) in [6.45, 7) is 3.40. The van der Waals surface area contributed by atoms with Crippen LogP contribution in [0.15, 0.2) is 0 Å². The van der Waals surface area contributed by atoms with E-state index in [9.17, 15) is 9.18 Å². The molecule has 0 radical (unpaired) electrons. The highest BCUT2D eigenvalue weighted by Crippen LogP contribution is 2.34. The second-order valence-corrected chi connectivity index (χ2v) is 3.98. The van der Waals surface area contributed by atoms with E-state index in [2.05, 4.69) is 5.32 Å². The Kier molecular flexibility index (Phi) is 3.28. The van der Waals surface area contributed by atoms with Crippen LogP contribution in [0.3, 0.4) is 0 Å². The molecule has 1 rings (SSSR count). The second kappa shape index (κ2) is 4.07. The summed E-state index contributed by atoms with van der Waals surface area (Å²) in [7, 11) is 0. The monoisotopic (exact) mass is 187 g/mol. The summed E-state index contributed by atoms with van der Waals surface area (Å²) in [4.78, 5) is 10.7. The van der Waals surface area contributed by atoms with Gasteiger partial charge in [-0.15, -0.1) is 0 Å². The van der Waals surface area contributed by atoms with Crippen molar-refractivity contribution in [2.24, 2.45) is 0 Å². The zero-order valence-electron chi connectivity index (χ0n) is 8.40. The number of carbonyl (C=O) groups is 1. The Bertz CT molecular complexity index is 185. The number of nitrogens with one attached hydrogen (secondary N) is 1. The molecule has 13 heavy (non-hydrogen) atoms. The molecule has 1 saturated carbocycles. The molecule has 2 nitrogen and oxygen atoms in total. The molecule has 1 fully saturated rings. The molecule has 1 N–H and O–H groups in total. The molecule has 1 amide bonds. The normalized spacial score (nSPS) is 34.2. The fourth-order valence-electron chi connectivity index (χ4n) is 1.92. The van der Waals surface area contributed by atoms with Gasteiger partial charge in [0, 0.05) is 13.0 Å². The van der Waals surface area contributed by atoms with Crippen LogP contribution in [0.25, 0.3) is 0 Å². The van der Waals surface area contributed by atoms with E-state index in [-0.39, 0.29) is 11.9 Å². The Labute approximate surface area is 78.9 Å². The molecular formula is C10H18FNO. The van der Waals surface area contributed by atoms with E-state index in [0.717, 1.165) is 12.8 Å². The van der Waals surface area contributed by atoms with Crippen molar-refractivity contribution in [3.63, 3.8) is 0 Å². The molecule has 0 bridgehead atoms. The molecule has 0 aromatic heterocycles. The summed E-state index contributed by atoms with van der Waals surface area (Å²) in [6.07, 6.45) is 3.34. The highest BCUT2D eigenvalue weighted by molar-refractivity contribution is 5.73. The zero-order chi connectivity index (χ0) is 9.90. The van der Waals surface area contributed by atoms with E-state index in [0.29, 0.717) is 19.3 Å². The SMILES string of the molecule is CCC1(F)CCC(NC(C)=O)CC1. The van der Waals surface area contributed by atoms with Crippen molar-refractivity contribution in [1.29, 1.82) is 0 Å². The lowest BCUT2D eigenvalue weighted by molar-refractivity contribution is -0.120. The third-order valence-corrected chi connectivity index (χ3v) is 2.92. The van der Waals surface area contributed by atoms with Crippen LogP contribution in [0.4, 0.5) is 4.39 Å². The lowest BCUT2D eigenvalue weighted by atomic mass is 9.82. The van der Waals surface area contributed by atoms with Crippen LogP contribution in [0, 0.1) is 0 Å². The van der Waals surface area contributed by atoms with Crippen molar-refractivity contribution in [3.8, 4) is 0 Å². The van der Waals surface area contributed by atoms with Crippen molar-refractivity contribution in [3.05, 3.63) is 0 Å². The third kappa shape index (κ3) is 2.98. The fraction of sp³-hybridized carbons (Fsp3) is 0.900. The van der Waals surface area contributed by atoms with Crippen molar-refractivity contribution in [1.82, 2.24) is 5.32 Å². The maximum atomic E-state index is 13.7. The highest BCUT2D eigenvalue weighted by Gasteiger charge is 2.33. The molecule has 76 valence electrons. The van der Waals surface area contributed by atoms with Gasteiger partial charge in [-0.25, -0.2) is 4.39 Å². The number of carbonyl (C=O) groups excluding carboxylic acids is 1. The van der Waals surface area contributed by atoms with E-state index in [1.165, 1.54) is 6.92 Å². The predicted molar refractivity (Wildman–Crippen MR) is 50.2 cm³/mol. The Balaban J connectivity index is 2.34. The van der Waals surface area contributed by atoms with Gasteiger partial charge < -0.3 is 5.32 Å². The molecule has 0 spiro atoms. The smallest absolute Gasteiger partial charge is 0.217 e. The van der Waals surface area contributed by atoms with Gasteiger partial charge in [-0.1, -0.05) is 6.92 Å². The van der Waals surface area contributed by atoms with Crippen LogP contribution >= 0.6 is 0 Å². The van der Waals surface area contributed by atoms with Crippen LogP contribution in [0.1, 0.15) is 46.0 Å². The largest absolute Gasteiger partial charge is 0.354 e. The van der Waals surface area contributed by atoms with Crippen LogP contribution < -0.4 is 5.32 Å². The zero-order valence-corrected chi connectivity index (χ0v) is 8.40. The Hall–Kier alpha value is -0.600. The van der Waals surface area contributed by atoms with Gasteiger partial charge in [0.2, 0.25) is 5.91 Å². The average Bonchev–Trinajstić information content (AvgIpc) is 2.09. The Morgan fingerprint density at radius 3 is 2.46 bits per heavy atom. The molecule has 0 aromatic rings. The third-order valence-electron chi connectivity index (χ3n) is 2.92. The topological polar surface area (TPSA) is 29.1 Å². The van der Waals surface area contributed by atoms with Crippen LogP contribution in [0.5, 0.6) is 0 Å². The van der Waals surface area contributed by atoms with Crippen molar-refractivity contribution < 1.29 is 9.18 Å². The summed E-state index contributed by atoms with van der Waals surface area (Å²) in [5.74, 6) is -0.00661. The van der Waals surface area contributed by atoms with Gasteiger partial charge >= 0.3 is 0 Å². The molecule has 1 aliphatic carbocycles. The van der Waals surface area contributed by atoms with E-state index in [4.69, 9.17) is 0 Å². The minimum absolute atomic E-state index is 0.00661. The number of hydrogen-bond donors (Lipinski definition) is 1. The lowest BCUT2D eigenvalue weighted by Gasteiger charge is -2.33. The average molecular weight is 187 g/mol. The van der Waals surface area contributed by atoms with Crippen LogP contribution in [-0.2, 0) is 4.79 Å². The fourth-order valence-corrected chi connectivity index (χ4v) is 1.92. The first-order valence-corrected chi connectivity index (χ1v) is 5.02. The minimum atomic E-state index is -0.963. The van der Waals surface area contributed by atoms with Gasteiger partial charge in [0.15, 0.2) is 0 Å². The van der Waals surface area contributed by atoms with Crippen molar-refractivity contribution in [2.45, 2.75) is 57.7 Å². The first-order valence-electron chi connectivity index (χ1n) is 5.02. The van der Waals surface area contributed by atoms with Gasteiger partial charge in [0.1, 0.15) is 5.67 Å². The van der Waals surface area contributed by atoms with Gasteiger partial charge in [0.05, 0.1) is 0 Å². The summed E-state index contributed by atoms with van der Waals surface area (Å²) in [5.41, 5.74) is -0.963. The Morgan fingerprint density at radius 2 is 2.08 bits per heavy atom. The van der Waals surface area contributed by atoms with Gasteiger partial charge in [0.25, 0.3) is 0 Å². The van der Waals surface area contributed by atoms with Crippen LogP contribution in [0.2, 0.25) is 0 Å². The second-order valence-electron chi connectivity index (χ2n) is 3.98. The standard InChI is InChI=1S/C10H18FNO/c1-3-10(11)6-4-9(5-7-10)12-8(2)13/h9H,3-7H2,1-2H3,(H,12,13). The number of rotatable bonds is 2. The molecule has 0 saturated heterocycles. The van der Waals surface area contributed by atoms with Gasteiger partial charge in [-0.05, 0) is 32.1 Å². The summed E-state index contributed by atoms with van der Waals surface area (Å²) in [6, 6.07) is 0.202. The number of alkyl halides is 1. The van der Waals surface area contributed by atoms with Gasteiger partial charge in [-0.2, -0.15) is 0 Å². The highest BCUT2D eigenvalue weighted by atomic mass is 19.1. The van der Waals surface area contributed by atoms with E-state index >= 15 is 0 Å². The maximum Gasteiger partial charge on any atom is 0.217 e. The summed E-state index contributed by atoms with van der Waals surface area (Å²) < 4.78 is 13.7. The van der Waals surface area contributed by atoms with E-state index in [1.54, 1.807) is 0 Å². The van der Waals surface area contributed by atoms with Gasteiger partial charge in [-0.3, -0.25) is 4.79 Å². The summed E-state index contributed by atoms with van der Waals surface area (Å²) >= 11 is 0. The molecule has 0 unspecified atom stereocenters. The molecular weight excluding hydrogens is 169 g/mol. The molecule has 0 heterocycles. The molecule has 0 aromatic carbocycles. The minimum Gasteiger partial charge on any atom is -0.354 e. The molecule has 0 atom stereocenters. The molecule has 1 aliphatic rings. The quantitative estimate of drug-likeness (QED) is 0.705. The first kappa shape index (κ1) is 10.5. The number of halogens is 1. The summed E-state index contributed by atoms with van der Waals surface area (Å²) in [5, 5.41) is 2.84. The van der Waals surface area contributed by atoms with E-state index < -0.39 is 5.67 Å². The number of hydrogen-bond acceptors (Lipinski definition) is 1. The predicted octanol–water partition coefficient (Wildman–Crippen LogP) is 2.18. The van der Waals surface area contributed by atoms with E-state index in [1.807, 2.05) is 6.92 Å². The molecule has 3 heteroatoms. The van der Waals surface area contributed by atoms with Crippen LogP contribution in [-0.4, -0.2) is 17.6 Å². The van der Waals surface area contributed by atoms with Crippen molar-refractivity contribution in [2.75, 3.05) is 0 Å².